The molecule has 0 atom stereocenters. The molecule has 18 heavy (non-hydrogen) atoms. The van der Waals surface area contributed by atoms with Crippen LogP contribution in [0.5, 0.6) is 11.5 Å². The Morgan fingerprint density at radius 1 is 1.56 bits per heavy atom. The van der Waals surface area contributed by atoms with E-state index < -0.39 is 4.92 Å². The average Bonchev–Trinajstić information content (AvgIpc) is 2.74. The van der Waals surface area contributed by atoms with Crippen LogP contribution >= 0.6 is 0 Å². The van der Waals surface area contributed by atoms with Gasteiger partial charge in [0.25, 0.3) is 0 Å². The number of rotatable bonds is 4. The second kappa shape index (κ2) is 4.72. The van der Waals surface area contributed by atoms with Crippen LogP contribution in [0.4, 0.5) is 11.4 Å². The van der Waals surface area contributed by atoms with E-state index in [0.717, 1.165) is 0 Å². The van der Waals surface area contributed by atoms with Crippen molar-refractivity contribution < 1.29 is 9.66 Å². The fourth-order valence-electron chi connectivity index (χ4n) is 1.49. The summed E-state index contributed by atoms with van der Waals surface area (Å²) in [6.45, 7) is 0. The number of ether oxygens (including phenoxy) is 1. The molecule has 2 aromatic rings. The maximum Gasteiger partial charge on any atom is 0.335 e. The minimum atomic E-state index is -0.555. The molecule has 0 fully saturated rings. The molecule has 1 heterocycles. The number of nitrogen functional groups attached to an aromatic ring is 1. The number of hydrogen-bond acceptors (Lipinski definition) is 6. The Hall–Kier alpha value is -2.61. The zero-order valence-corrected chi connectivity index (χ0v) is 9.53. The smallest absolute Gasteiger partial charge is 0.335 e. The third-order valence-electron chi connectivity index (χ3n) is 2.25. The van der Waals surface area contributed by atoms with Crippen LogP contribution in [0, 0.1) is 10.1 Å². The van der Waals surface area contributed by atoms with Gasteiger partial charge in [-0.15, -0.1) is 0 Å². The maximum atomic E-state index is 11.0. The highest BCUT2D eigenvalue weighted by molar-refractivity contribution is 5.68. The molecule has 0 bridgehead atoms. The second-order valence-corrected chi connectivity index (χ2v) is 3.51. The molecule has 1 aromatic carbocycles. The third kappa shape index (κ3) is 2.23. The van der Waals surface area contributed by atoms with E-state index >= 15 is 0 Å². The van der Waals surface area contributed by atoms with Crippen molar-refractivity contribution >= 4 is 11.4 Å². The predicted molar refractivity (Wildman–Crippen MR) is 64.2 cm³/mol. The average molecular weight is 249 g/mol. The number of nitrogens with one attached hydrogen (secondary N) is 1. The summed E-state index contributed by atoms with van der Waals surface area (Å²) in [6.07, 6.45) is 3.07. The van der Waals surface area contributed by atoms with E-state index in [1.807, 2.05) is 0 Å². The van der Waals surface area contributed by atoms with Gasteiger partial charge in [0.15, 0.2) is 5.75 Å². The molecule has 0 spiro atoms. The van der Waals surface area contributed by atoms with E-state index in [-0.39, 0.29) is 17.1 Å². The van der Waals surface area contributed by atoms with Crippen molar-refractivity contribution in [1.82, 2.24) is 9.78 Å². The second-order valence-electron chi connectivity index (χ2n) is 3.51. The lowest BCUT2D eigenvalue weighted by molar-refractivity contribution is -0.384. The van der Waals surface area contributed by atoms with Crippen LogP contribution in [0.15, 0.2) is 30.6 Å². The van der Waals surface area contributed by atoms with E-state index in [9.17, 15) is 10.1 Å². The fraction of sp³-hybridized carbons (Fsp3) is 0.100. The molecular formula is C10H11N5O3. The van der Waals surface area contributed by atoms with E-state index in [0.29, 0.717) is 5.75 Å². The van der Waals surface area contributed by atoms with Crippen molar-refractivity contribution in [2.45, 2.75) is 0 Å². The van der Waals surface area contributed by atoms with Gasteiger partial charge >= 0.3 is 5.69 Å². The summed E-state index contributed by atoms with van der Waals surface area (Å²) in [5.74, 6) is 5.74. The Morgan fingerprint density at radius 3 is 2.89 bits per heavy atom. The fourth-order valence-corrected chi connectivity index (χ4v) is 1.49. The largest absolute Gasteiger partial charge is 0.447 e. The number of nitrogens with zero attached hydrogens (tertiary/aromatic N) is 3. The minimum Gasteiger partial charge on any atom is -0.447 e. The van der Waals surface area contributed by atoms with E-state index in [1.54, 1.807) is 19.3 Å². The zero-order valence-electron chi connectivity index (χ0n) is 9.53. The molecule has 0 aliphatic carbocycles. The van der Waals surface area contributed by atoms with Crippen LogP contribution in [-0.4, -0.2) is 14.7 Å². The van der Waals surface area contributed by atoms with Crippen molar-refractivity contribution in [3.63, 3.8) is 0 Å². The van der Waals surface area contributed by atoms with Gasteiger partial charge in [-0.2, -0.15) is 5.10 Å². The summed E-state index contributed by atoms with van der Waals surface area (Å²) in [5, 5.41) is 14.9. The van der Waals surface area contributed by atoms with Crippen molar-refractivity contribution in [3.05, 3.63) is 40.7 Å². The van der Waals surface area contributed by atoms with Crippen LogP contribution in [0.2, 0.25) is 0 Å². The summed E-state index contributed by atoms with van der Waals surface area (Å²) in [7, 11) is 1.72. The van der Waals surface area contributed by atoms with E-state index in [2.05, 4.69) is 10.5 Å². The van der Waals surface area contributed by atoms with Gasteiger partial charge in [0.1, 0.15) is 5.69 Å². The molecule has 8 heteroatoms. The van der Waals surface area contributed by atoms with Gasteiger partial charge in [-0.05, 0) is 12.1 Å². The highest BCUT2D eigenvalue weighted by atomic mass is 16.6. The molecule has 3 N–H and O–H groups in total. The van der Waals surface area contributed by atoms with Crippen LogP contribution in [0.3, 0.4) is 0 Å². The van der Waals surface area contributed by atoms with Crippen molar-refractivity contribution in [2.75, 3.05) is 5.43 Å². The van der Waals surface area contributed by atoms with Crippen LogP contribution in [0.1, 0.15) is 0 Å². The normalized spacial score (nSPS) is 10.1. The Bertz CT molecular complexity index is 581. The predicted octanol–water partition coefficient (Wildman–Crippen LogP) is 1.41. The number of nitrogens with two attached hydrogens (primary N) is 1. The van der Waals surface area contributed by atoms with Gasteiger partial charge in [-0.1, -0.05) is 6.07 Å². The Balaban J connectivity index is 2.41. The number of hydrogen-bond donors (Lipinski definition) is 2. The van der Waals surface area contributed by atoms with Crippen LogP contribution in [-0.2, 0) is 7.05 Å². The Kier molecular flexibility index (Phi) is 3.11. The van der Waals surface area contributed by atoms with Crippen molar-refractivity contribution in [3.8, 4) is 11.5 Å². The molecule has 1 aromatic heterocycles. The van der Waals surface area contributed by atoms with Crippen molar-refractivity contribution in [2.24, 2.45) is 12.9 Å². The standard InChI is InChI=1S/C10H11N5O3/c1-14-6-7(5-12-14)18-9-4-2-3-8(13-11)10(9)15(16)17/h2-6,13H,11H2,1H3. The summed E-state index contributed by atoms with van der Waals surface area (Å²) < 4.78 is 6.95. The van der Waals surface area contributed by atoms with Gasteiger partial charge in [0.05, 0.1) is 17.3 Å². The maximum absolute atomic E-state index is 11.0. The zero-order chi connectivity index (χ0) is 13.1. The first kappa shape index (κ1) is 11.9. The number of benzene rings is 1. The van der Waals surface area contributed by atoms with Gasteiger partial charge in [-0.3, -0.25) is 20.6 Å². The van der Waals surface area contributed by atoms with Crippen LogP contribution < -0.4 is 16.0 Å². The lowest BCUT2D eigenvalue weighted by Crippen LogP contribution is -2.09. The summed E-state index contributed by atoms with van der Waals surface area (Å²) in [5.41, 5.74) is 2.23. The highest BCUT2D eigenvalue weighted by Gasteiger charge is 2.21. The molecule has 2 rings (SSSR count). The summed E-state index contributed by atoms with van der Waals surface area (Å²) >= 11 is 0. The third-order valence-corrected chi connectivity index (χ3v) is 2.25. The SMILES string of the molecule is Cn1cc(Oc2cccc(NN)c2[N+](=O)[O-])cn1. The number of nitro benzene ring substituents is 1. The molecule has 94 valence electrons. The number of anilines is 1. The molecule has 0 saturated carbocycles. The van der Waals surface area contributed by atoms with Gasteiger partial charge in [0.2, 0.25) is 5.75 Å². The first-order valence-corrected chi connectivity index (χ1v) is 5.02. The summed E-state index contributed by atoms with van der Waals surface area (Å²) in [4.78, 5) is 10.5. The van der Waals surface area contributed by atoms with E-state index in [4.69, 9.17) is 10.6 Å². The minimum absolute atomic E-state index is 0.100. The number of hydrazine groups is 1. The molecule has 0 saturated heterocycles. The van der Waals surface area contributed by atoms with Gasteiger partial charge in [0, 0.05) is 7.05 Å². The van der Waals surface area contributed by atoms with Crippen LogP contribution in [0.25, 0.3) is 0 Å². The molecule has 8 nitrogen and oxygen atoms in total. The number of aromatic nitrogens is 2. The number of nitro groups is 1. The van der Waals surface area contributed by atoms with Gasteiger partial charge < -0.3 is 10.2 Å². The quantitative estimate of drug-likeness (QED) is 0.481. The molecular weight excluding hydrogens is 238 g/mol. The first-order valence-electron chi connectivity index (χ1n) is 5.02. The molecule has 0 aliphatic heterocycles. The number of aryl methyl sites for hydroxylation is 1. The molecule has 0 unspecified atom stereocenters. The topological polar surface area (TPSA) is 108 Å². The lowest BCUT2D eigenvalue weighted by Gasteiger charge is -2.07. The Morgan fingerprint density at radius 2 is 2.33 bits per heavy atom. The highest BCUT2D eigenvalue weighted by Crippen LogP contribution is 2.36. The van der Waals surface area contributed by atoms with Crippen molar-refractivity contribution in [1.29, 1.82) is 0 Å². The lowest BCUT2D eigenvalue weighted by atomic mass is 10.2. The first-order chi connectivity index (χ1) is 8.61. The van der Waals surface area contributed by atoms with Gasteiger partial charge in [-0.25, -0.2) is 0 Å². The molecule has 0 aliphatic rings. The summed E-state index contributed by atoms with van der Waals surface area (Å²) in [6, 6.07) is 4.59. The molecule has 0 radical (unpaired) electrons. The Labute approximate surface area is 102 Å². The van der Waals surface area contributed by atoms with E-state index in [1.165, 1.54) is 23.0 Å². The molecule has 0 amide bonds. The monoisotopic (exact) mass is 249 g/mol. The number of para-hydroxylation sites is 1.